The second-order valence-electron chi connectivity index (χ2n) is 7.16. The molecule has 1 aliphatic heterocycles. The number of hydrogen-bond donors (Lipinski definition) is 2. The van der Waals surface area contributed by atoms with Crippen molar-refractivity contribution < 1.29 is 14.6 Å². The van der Waals surface area contributed by atoms with Gasteiger partial charge in [0.05, 0.1) is 23.9 Å². The van der Waals surface area contributed by atoms with Crippen LogP contribution < -0.4 is 4.74 Å². The standard InChI is InChI=1S/C21H24N4O3.C2H6/c1-4-5-13-9-16(25(20(13)22-2)11-12-6-7-12)19-23-15-8-14(21(26)27)10-17(28-3)18(15)24-19;1-2/h5,8-10,12H,4,6-7,11H2,1-3H3,(H,23,24)(H,26,27);1-2H3/b13-5-,22-20?;. The number of nitrogens with zero attached hydrogens (tertiary/aromatic N) is 3. The van der Waals surface area contributed by atoms with Gasteiger partial charge < -0.3 is 19.7 Å². The summed E-state index contributed by atoms with van der Waals surface area (Å²) in [6, 6.07) is 3.09. The minimum Gasteiger partial charge on any atom is -0.494 e. The summed E-state index contributed by atoms with van der Waals surface area (Å²) in [5.41, 5.74) is 3.48. The molecule has 0 amide bonds. The van der Waals surface area contributed by atoms with Gasteiger partial charge in [0.15, 0.2) is 5.82 Å². The molecular formula is C23H30N4O3. The molecule has 1 saturated carbocycles. The lowest BCUT2D eigenvalue weighted by Gasteiger charge is -2.22. The normalized spacial score (nSPS) is 18.6. The van der Waals surface area contributed by atoms with Gasteiger partial charge in [-0.2, -0.15) is 0 Å². The second-order valence-corrected chi connectivity index (χ2v) is 7.16. The van der Waals surface area contributed by atoms with E-state index in [9.17, 15) is 9.90 Å². The molecule has 2 aliphatic rings. The Kier molecular flexibility index (Phi) is 6.59. The first-order valence-electron chi connectivity index (χ1n) is 10.5. The molecule has 0 spiro atoms. The van der Waals surface area contributed by atoms with Gasteiger partial charge in [-0.1, -0.05) is 26.8 Å². The van der Waals surface area contributed by atoms with E-state index in [1.54, 1.807) is 6.07 Å². The first-order chi connectivity index (χ1) is 14.5. The first-order valence-corrected chi connectivity index (χ1v) is 10.5. The number of aromatic amines is 1. The number of methoxy groups -OCH3 is 1. The molecule has 0 saturated heterocycles. The molecule has 2 heterocycles. The van der Waals surface area contributed by atoms with Crippen LogP contribution in [0.3, 0.4) is 0 Å². The molecule has 1 aromatic carbocycles. The fourth-order valence-corrected chi connectivity index (χ4v) is 3.61. The number of H-pyrrole nitrogens is 1. The van der Waals surface area contributed by atoms with Crippen LogP contribution in [0.15, 0.2) is 34.9 Å². The van der Waals surface area contributed by atoms with Gasteiger partial charge >= 0.3 is 5.97 Å². The smallest absolute Gasteiger partial charge is 0.335 e. The van der Waals surface area contributed by atoms with Gasteiger partial charge in [-0.25, -0.2) is 9.78 Å². The molecule has 0 atom stereocenters. The minimum atomic E-state index is -1.000. The van der Waals surface area contributed by atoms with E-state index in [0.29, 0.717) is 28.5 Å². The van der Waals surface area contributed by atoms with Crippen molar-refractivity contribution in [2.24, 2.45) is 10.9 Å². The third-order valence-electron chi connectivity index (χ3n) is 5.13. The zero-order valence-electron chi connectivity index (χ0n) is 18.3. The molecule has 1 aromatic heterocycles. The van der Waals surface area contributed by atoms with E-state index < -0.39 is 5.97 Å². The van der Waals surface area contributed by atoms with Crippen LogP contribution in [-0.2, 0) is 0 Å². The van der Waals surface area contributed by atoms with Crippen LogP contribution in [0.2, 0.25) is 0 Å². The lowest BCUT2D eigenvalue weighted by atomic mass is 10.2. The molecule has 0 radical (unpaired) electrons. The summed E-state index contributed by atoms with van der Waals surface area (Å²) in [7, 11) is 3.34. The number of carboxylic acid groups (broad SMARTS) is 1. The Balaban J connectivity index is 0.00000124. The lowest BCUT2D eigenvalue weighted by Crippen LogP contribution is -2.28. The Bertz CT molecular complexity index is 1030. The highest BCUT2D eigenvalue weighted by Crippen LogP contribution is 2.37. The number of allylic oxidation sites excluding steroid dienone is 1. The fourth-order valence-electron chi connectivity index (χ4n) is 3.61. The van der Waals surface area contributed by atoms with Crippen LogP contribution >= 0.6 is 0 Å². The molecule has 7 heteroatoms. The molecular weight excluding hydrogens is 380 g/mol. The van der Waals surface area contributed by atoms with E-state index in [2.05, 4.69) is 34.0 Å². The van der Waals surface area contributed by atoms with E-state index in [1.165, 1.54) is 26.0 Å². The van der Waals surface area contributed by atoms with Crippen LogP contribution in [0.1, 0.15) is 56.2 Å². The Hall–Kier alpha value is -3.09. The Labute approximate surface area is 177 Å². The molecule has 30 heavy (non-hydrogen) atoms. The Morgan fingerprint density at radius 1 is 1.40 bits per heavy atom. The van der Waals surface area contributed by atoms with Crippen molar-refractivity contribution in [3.05, 3.63) is 41.2 Å². The zero-order valence-corrected chi connectivity index (χ0v) is 18.3. The number of nitrogens with one attached hydrogen (secondary N) is 1. The molecule has 1 fully saturated rings. The number of imidazole rings is 1. The molecule has 1 aliphatic carbocycles. The summed E-state index contributed by atoms with van der Waals surface area (Å²) in [5.74, 6) is 1.77. The van der Waals surface area contributed by atoms with Crippen molar-refractivity contribution in [2.75, 3.05) is 20.7 Å². The number of fused-ring (bicyclic) bond motifs is 1. The number of carbonyl (C=O) groups is 1. The summed E-state index contributed by atoms with van der Waals surface area (Å²) >= 11 is 0. The van der Waals surface area contributed by atoms with Gasteiger partial charge in [-0.15, -0.1) is 0 Å². The van der Waals surface area contributed by atoms with E-state index >= 15 is 0 Å². The maximum Gasteiger partial charge on any atom is 0.335 e. The van der Waals surface area contributed by atoms with Gasteiger partial charge in [-0.05, 0) is 43.4 Å². The number of aromatic nitrogens is 2. The molecule has 160 valence electrons. The average Bonchev–Trinajstić information content (AvgIpc) is 3.36. The predicted molar refractivity (Wildman–Crippen MR) is 120 cm³/mol. The minimum absolute atomic E-state index is 0.164. The van der Waals surface area contributed by atoms with E-state index in [1.807, 2.05) is 20.9 Å². The average molecular weight is 411 g/mol. The molecule has 2 aromatic rings. The third kappa shape index (κ3) is 4.10. The van der Waals surface area contributed by atoms with Gasteiger partial charge in [0.25, 0.3) is 0 Å². The number of ether oxygens (including phenoxy) is 1. The van der Waals surface area contributed by atoms with E-state index in [4.69, 9.17) is 9.72 Å². The van der Waals surface area contributed by atoms with Crippen molar-refractivity contribution in [3.8, 4) is 5.75 Å². The number of benzene rings is 1. The number of carboxylic acids is 1. The van der Waals surface area contributed by atoms with Crippen molar-refractivity contribution in [2.45, 2.75) is 40.0 Å². The summed E-state index contributed by atoms with van der Waals surface area (Å²) in [6.07, 6.45) is 7.68. The zero-order chi connectivity index (χ0) is 21.8. The van der Waals surface area contributed by atoms with Crippen LogP contribution in [0, 0.1) is 5.92 Å². The van der Waals surface area contributed by atoms with Crippen molar-refractivity contribution in [1.82, 2.24) is 14.9 Å². The molecule has 4 rings (SSSR count). The summed E-state index contributed by atoms with van der Waals surface area (Å²) in [4.78, 5) is 26.2. The van der Waals surface area contributed by atoms with Gasteiger partial charge in [0.1, 0.15) is 17.1 Å². The molecule has 0 bridgehead atoms. The quantitative estimate of drug-likeness (QED) is 0.719. The number of hydrogen-bond acceptors (Lipinski definition) is 4. The maximum absolute atomic E-state index is 11.4. The summed E-state index contributed by atoms with van der Waals surface area (Å²) < 4.78 is 5.38. The first kappa shape index (κ1) is 21.6. The summed E-state index contributed by atoms with van der Waals surface area (Å²) in [5, 5.41) is 9.36. The van der Waals surface area contributed by atoms with Crippen molar-refractivity contribution >= 4 is 28.5 Å². The topological polar surface area (TPSA) is 90.8 Å². The van der Waals surface area contributed by atoms with Crippen LogP contribution in [0.4, 0.5) is 0 Å². The molecule has 0 unspecified atom stereocenters. The second kappa shape index (κ2) is 9.15. The number of amidine groups is 1. The fraction of sp³-hybridized carbons (Fsp3) is 0.435. The Morgan fingerprint density at radius 2 is 2.13 bits per heavy atom. The van der Waals surface area contributed by atoms with Crippen molar-refractivity contribution in [1.29, 1.82) is 0 Å². The summed E-state index contributed by atoms with van der Waals surface area (Å²) in [6.45, 7) is 7.02. The SMILES string of the molecule is CC.CC/C=C1/C=C(c2nc3c(OC)cc(C(=O)O)cc3[nH]2)N(CC2CC2)C1=NC. The largest absolute Gasteiger partial charge is 0.494 e. The van der Waals surface area contributed by atoms with Gasteiger partial charge in [0.2, 0.25) is 0 Å². The van der Waals surface area contributed by atoms with Crippen molar-refractivity contribution in [3.63, 3.8) is 0 Å². The van der Waals surface area contributed by atoms with Crippen LogP contribution in [0.5, 0.6) is 5.75 Å². The predicted octanol–water partition coefficient (Wildman–Crippen LogP) is 4.73. The Morgan fingerprint density at radius 3 is 2.70 bits per heavy atom. The number of aromatic carboxylic acids is 1. The highest BCUT2D eigenvalue weighted by Gasteiger charge is 2.33. The van der Waals surface area contributed by atoms with Crippen LogP contribution in [0.25, 0.3) is 16.7 Å². The lowest BCUT2D eigenvalue weighted by molar-refractivity contribution is 0.0696. The van der Waals surface area contributed by atoms with E-state index in [-0.39, 0.29) is 5.56 Å². The van der Waals surface area contributed by atoms with E-state index in [0.717, 1.165) is 30.1 Å². The highest BCUT2D eigenvalue weighted by atomic mass is 16.5. The van der Waals surface area contributed by atoms with Crippen LogP contribution in [-0.4, -0.2) is 52.5 Å². The highest BCUT2D eigenvalue weighted by molar-refractivity contribution is 6.11. The third-order valence-corrected chi connectivity index (χ3v) is 5.13. The molecule has 2 N–H and O–H groups in total. The number of aliphatic imine (C=N–C) groups is 1. The number of rotatable bonds is 6. The monoisotopic (exact) mass is 410 g/mol. The molecule has 7 nitrogen and oxygen atoms in total. The maximum atomic E-state index is 11.4. The van der Waals surface area contributed by atoms with Gasteiger partial charge in [0, 0.05) is 19.2 Å². The van der Waals surface area contributed by atoms with Gasteiger partial charge in [-0.3, -0.25) is 4.99 Å².